The van der Waals surface area contributed by atoms with E-state index in [0.717, 1.165) is 70.9 Å². The van der Waals surface area contributed by atoms with Crippen LogP contribution in [-0.4, -0.2) is 56.1 Å². The quantitative estimate of drug-likeness (QED) is 0.522. The van der Waals surface area contributed by atoms with E-state index < -0.39 is 17.8 Å². The van der Waals surface area contributed by atoms with Crippen LogP contribution in [0.25, 0.3) is 0 Å². The van der Waals surface area contributed by atoms with Crippen molar-refractivity contribution in [3.8, 4) is 5.75 Å². The molecule has 4 rings (SSSR count). The van der Waals surface area contributed by atoms with Gasteiger partial charge in [-0.25, -0.2) is 0 Å². The van der Waals surface area contributed by atoms with Crippen LogP contribution in [0.5, 0.6) is 5.75 Å². The minimum absolute atomic E-state index is 0.0115. The number of carbonyl (C=O) groups is 1. The zero-order valence-corrected chi connectivity index (χ0v) is 20.6. The van der Waals surface area contributed by atoms with Gasteiger partial charge in [-0.3, -0.25) is 9.69 Å². The molecule has 1 aliphatic heterocycles. The Morgan fingerprint density at radius 1 is 0.972 bits per heavy atom. The number of rotatable bonds is 9. The van der Waals surface area contributed by atoms with Gasteiger partial charge < -0.3 is 15.4 Å². The lowest BCUT2D eigenvalue weighted by atomic mass is 9.76. The summed E-state index contributed by atoms with van der Waals surface area (Å²) in [5.41, 5.74) is 6.33. The molecule has 0 amide bonds. The number of ether oxygens (including phenoxy) is 1. The summed E-state index contributed by atoms with van der Waals surface area (Å²) in [5, 5.41) is 0. The number of alkyl halides is 3. The number of hydrogen-bond acceptors (Lipinski definition) is 5. The first kappa shape index (κ1) is 26.5. The van der Waals surface area contributed by atoms with E-state index in [9.17, 15) is 18.0 Å². The van der Waals surface area contributed by atoms with Crippen LogP contribution in [0.2, 0.25) is 0 Å². The molecule has 8 heteroatoms. The fraction of sp³-hybridized carbons (Fsp3) is 0.536. The smallest absolute Gasteiger partial charge is 0.416 e. The zero-order valence-electron chi connectivity index (χ0n) is 20.6. The molecule has 1 atom stereocenters. The fourth-order valence-corrected chi connectivity index (χ4v) is 5.34. The molecule has 0 radical (unpaired) electrons. The molecule has 2 N–H and O–H groups in total. The van der Waals surface area contributed by atoms with Crippen LogP contribution in [0, 0.1) is 11.8 Å². The molecule has 1 aliphatic carbocycles. The van der Waals surface area contributed by atoms with E-state index >= 15 is 0 Å². The minimum atomic E-state index is -4.32. The Bertz CT molecular complexity index is 970. The topological polar surface area (TPSA) is 58.8 Å². The number of para-hydroxylation sites is 1. The molecule has 0 bridgehead atoms. The molecule has 196 valence electrons. The maximum absolute atomic E-state index is 13.0. The van der Waals surface area contributed by atoms with Crippen LogP contribution in [0.1, 0.15) is 37.7 Å². The fourth-order valence-electron chi connectivity index (χ4n) is 5.34. The van der Waals surface area contributed by atoms with E-state index in [1.807, 2.05) is 35.2 Å². The normalized spacial score (nSPS) is 22.3. The van der Waals surface area contributed by atoms with Gasteiger partial charge in [0, 0.05) is 31.9 Å². The Labute approximate surface area is 211 Å². The molecule has 1 unspecified atom stereocenters. The first-order chi connectivity index (χ1) is 17.3. The van der Waals surface area contributed by atoms with E-state index in [2.05, 4.69) is 4.90 Å². The average Bonchev–Trinajstić information content (AvgIpc) is 2.91. The minimum Gasteiger partial charge on any atom is -0.486 e. The van der Waals surface area contributed by atoms with Crippen molar-refractivity contribution < 1.29 is 22.7 Å². The number of nitrogens with zero attached hydrogens (tertiary/aromatic N) is 2. The summed E-state index contributed by atoms with van der Waals surface area (Å²) in [7, 11) is 0. The maximum Gasteiger partial charge on any atom is 0.416 e. The SMILES string of the molecule is NC(C(=O)COc1ccccc1)C1CCC(CCN2CCN(c3cccc(C(F)(F)F)c3)CC2)CC1. The van der Waals surface area contributed by atoms with Crippen LogP contribution in [0.3, 0.4) is 0 Å². The summed E-state index contributed by atoms with van der Waals surface area (Å²) in [6, 6.07) is 14.4. The lowest BCUT2D eigenvalue weighted by Crippen LogP contribution is -2.47. The Morgan fingerprint density at radius 3 is 2.33 bits per heavy atom. The molecule has 2 aromatic carbocycles. The van der Waals surface area contributed by atoms with Crippen molar-refractivity contribution in [2.24, 2.45) is 17.6 Å². The van der Waals surface area contributed by atoms with Crippen molar-refractivity contribution in [3.05, 3.63) is 60.2 Å². The van der Waals surface area contributed by atoms with E-state index in [1.54, 1.807) is 6.07 Å². The van der Waals surface area contributed by atoms with Crippen molar-refractivity contribution >= 4 is 11.5 Å². The van der Waals surface area contributed by atoms with Gasteiger partial charge in [-0.05, 0) is 68.0 Å². The predicted octanol–water partition coefficient (Wildman–Crippen LogP) is 5.00. The lowest BCUT2D eigenvalue weighted by Gasteiger charge is -2.37. The number of hydrogen-bond donors (Lipinski definition) is 1. The van der Waals surface area contributed by atoms with Crippen LogP contribution in [0.15, 0.2) is 54.6 Å². The predicted molar refractivity (Wildman–Crippen MR) is 135 cm³/mol. The van der Waals surface area contributed by atoms with Crippen LogP contribution in [0.4, 0.5) is 18.9 Å². The monoisotopic (exact) mass is 503 g/mol. The summed E-state index contributed by atoms with van der Waals surface area (Å²) in [5.74, 6) is 1.48. The highest BCUT2D eigenvalue weighted by Gasteiger charge is 2.32. The summed E-state index contributed by atoms with van der Waals surface area (Å²) in [6.07, 6.45) is 0.879. The Kier molecular flexibility index (Phi) is 8.90. The van der Waals surface area contributed by atoms with Crippen molar-refractivity contribution in [2.75, 3.05) is 44.2 Å². The molecule has 2 aliphatic rings. The lowest BCUT2D eigenvalue weighted by molar-refractivity contribution is -0.137. The molecule has 2 fully saturated rings. The molecule has 1 heterocycles. The number of piperazine rings is 1. The van der Waals surface area contributed by atoms with Crippen molar-refractivity contribution in [3.63, 3.8) is 0 Å². The number of ketones is 1. The van der Waals surface area contributed by atoms with Crippen molar-refractivity contribution in [2.45, 2.75) is 44.3 Å². The summed E-state index contributed by atoms with van der Waals surface area (Å²) >= 11 is 0. The Morgan fingerprint density at radius 2 is 1.67 bits per heavy atom. The van der Waals surface area contributed by atoms with Crippen LogP contribution < -0.4 is 15.4 Å². The Balaban J connectivity index is 1.14. The number of anilines is 1. The van der Waals surface area contributed by atoms with Gasteiger partial charge >= 0.3 is 6.18 Å². The maximum atomic E-state index is 13.0. The number of halogens is 3. The third-order valence-corrected chi connectivity index (χ3v) is 7.66. The molecular weight excluding hydrogens is 467 g/mol. The van der Waals surface area contributed by atoms with Gasteiger partial charge in [0.25, 0.3) is 0 Å². The molecule has 1 saturated carbocycles. The van der Waals surface area contributed by atoms with Gasteiger partial charge in [-0.2, -0.15) is 13.2 Å². The average molecular weight is 504 g/mol. The van der Waals surface area contributed by atoms with E-state index in [4.69, 9.17) is 10.5 Å². The third kappa shape index (κ3) is 7.23. The number of Topliss-reactive ketones (excluding diaryl/α,β-unsaturated/α-hetero) is 1. The molecular formula is C28H36F3N3O2. The van der Waals surface area contributed by atoms with Crippen molar-refractivity contribution in [1.29, 1.82) is 0 Å². The molecule has 0 spiro atoms. The summed E-state index contributed by atoms with van der Waals surface area (Å²) < 4.78 is 44.6. The van der Waals surface area contributed by atoms with Crippen LogP contribution in [-0.2, 0) is 11.0 Å². The van der Waals surface area contributed by atoms with E-state index in [0.29, 0.717) is 17.4 Å². The zero-order chi connectivity index (χ0) is 25.5. The van der Waals surface area contributed by atoms with Crippen LogP contribution >= 0.6 is 0 Å². The second-order valence-corrected chi connectivity index (χ2v) is 10.0. The highest BCUT2D eigenvalue weighted by atomic mass is 19.4. The number of carbonyl (C=O) groups excluding carboxylic acids is 1. The summed E-state index contributed by atoms with van der Waals surface area (Å²) in [6.45, 7) is 4.18. The standard InChI is InChI=1S/C28H36F3N3O2/c29-28(30,31)23-5-4-6-24(19-23)34-17-15-33(16-18-34)14-13-21-9-11-22(12-10-21)27(32)26(35)20-36-25-7-2-1-3-8-25/h1-8,19,21-22,27H,9-18,20,32H2. The second kappa shape index (κ2) is 12.1. The van der Waals surface area contributed by atoms with Gasteiger partial charge in [0.15, 0.2) is 5.78 Å². The van der Waals surface area contributed by atoms with Gasteiger partial charge in [0.1, 0.15) is 12.4 Å². The van der Waals surface area contributed by atoms with Gasteiger partial charge in [-0.15, -0.1) is 0 Å². The first-order valence-electron chi connectivity index (χ1n) is 12.9. The van der Waals surface area contributed by atoms with Gasteiger partial charge in [-0.1, -0.05) is 37.1 Å². The van der Waals surface area contributed by atoms with Gasteiger partial charge in [0.2, 0.25) is 0 Å². The molecule has 36 heavy (non-hydrogen) atoms. The van der Waals surface area contributed by atoms with E-state index in [1.165, 1.54) is 12.1 Å². The second-order valence-electron chi connectivity index (χ2n) is 10.0. The molecule has 1 saturated heterocycles. The number of nitrogens with two attached hydrogens (primary N) is 1. The number of benzene rings is 2. The highest BCUT2D eigenvalue weighted by molar-refractivity contribution is 5.85. The first-order valence-corrected chi connectivity index (χ1v) is 12.9. The summed E-state index contributed by atoms with van der Waals surface area (Å²) in [4.78, 5) is 17.0. The molecule has 0 aromatic heterocycles. The van der Waals surface area contributed by atoms with E-state index in [-0.39, 0.29) is 18.3 Å². The molecule has 5 nitrogen and oxygen atoms in total. The third-order valence-electron chi connectivity index (χ3n) is 7.66. The Hall–Kier alpha value is -2.58. The highest BCUT2D eigenvalue weighted by Crippen LogP contribution is 2.34. The van der Waals surface area contributed by atoms with Gasteiger partial charge in [0.05, 0.1) is 11.6 Å². The van der Waals surface area contributed by atoms with Crippen molar-refractivity contribution in [1.82, 2.24) is 4.90 Å². The molecule has 2 aromatic rings. The largest absolute Gasteiger partial charge is 0.486 e.